The van der Waals surface area contributed by atoms with Crippen LogP contribution in [0.5, 0.6) is 0 Å². The minimum absolute atomic E-state index is 0. The summed E-state index contributed by atoms with van der Waals surface area (Å²) in [5, 5.41) is 0. The fourth-order valence-corrected chi connectivity index (χ4v) is 0. The Labute approximate surface area is 167 Å². The van der Waals surface area contributed by atoms with E-state index in [9.17, 15) is 0 Å². The van der Waals surface area contributed by atoms with Crippen LogP contribution in [0, 0.1) is 0 Å². The molecule has 0 unspecified atom stereocenters. The van der Waals surface area contributed by atoms with Crippen molar-refractivity contribution in [1.82, 2.24) is 0 Å². The average molecular weight is 762 g/mol. The zero-order chi connectivity index (χ0) is 17.9. The molecule has 0 aliphatic carbocycles. The van der Waals surface area contributed by atoms with E-state index >= 15 is 0 Å². The molecule has 0 aromatic rings. The summed E-state index contributed by atoms with van der Waals surface area (Å²) < 4.78 is 127. The zero-order valence-electron chi connectivity index (χ0n) is 9.06. The predicted octanol–water partition coefficient (Wildman–Crippen LogP) is -5.03. The van der Waals surface area contributed by atoms with Gasteiger partial charge in [0, 0.05) is 0 Å². The Morgan fingerprint density at radius 2 is 0.318 bits per heavy atom. The molecule has 0 aliphatic heterocycles. The summed E-state index contributed by atoms with van der Waals surface area (Å²) in [5.74, 6) is 0. The first kappa shape index (κ1) is 43.9. The molecular weight excluding hydrogens is 762 g/mol. The SMILES string of the molecule is O=S([O-])[O-].O=S([O-])[O-].O=S([O-])[O-].O=S([O-])[O-].O=S([O-])[O-].[Ta+5].[Ta+5]. The fourth-order valence-electron chi connectivity index (χ4n) is 0. The van der Waals surface area contributed by atoms with Crippen LogP contribution in [-0.4, -0.2) is 66.6 Å². The van der Waals surface area contributed by atoms with Crippen molar-refractivity contribution in [3.63, 3.8) is 0 Å². The van der Waals surface area contributed by atoms with Crippen LogP contribution < -0.4 is 0 Å². The molecule has 15 nitrogen and oxygen atoms in total. The summed E-state index contributed by atoms with van der Waals surface area (Å²) >= 11 is -15.6. The van der Waals surface area contributed by atoms with Gasteiger partial charge in [-0.1, -0.05) is 0 Å². The van der Waals surface area contributed by atoms with E-state index < -0.39 is 56.8 Å². The predicted molar refractivity (Wildman–Crippen MR) is 48.5 cm³/mol. The maximum Gasteiger partial charge on any atom is 5.00 e. The Morgan fingerprint density at radius 3 is 0.318 bits per heavy atom. The van der Waals surface area contributed by atoms with Crippen molar-refractivity contribution in [2.45, 2.75) is 0 Å². The molecule has 0 atom stereocenters. The summed E-state index contributed by atoms with van der Waals surface area (Å²) in [6, 6.07) is 0. The summed E-state index contributed by atoms with van der Waals surface area (Å²) in [5.41, 5.74) is 0. The Balaban J connectivity index is -0.0000000250. The zero-order valence-corrected chi connectivity index (χ0v) is 19.6. The maximum absolute atomic E-state index is 8.44. The average Bonchev–Trinajstić information content (AvgIpc) is 1.94. The second-order valence-electron chi connectivity index (χ2n) is 1.02. The van der Waals surface area contributed by atoms with E-state index in [4.69, 9.17) is 66.6 Å². The van der Waals surface area contributed by atoms with E-state index in [0.29, 0.717) is 0 Å². The van der Waals surface area contributed by atoms with Crippen molar-refractivity contribution in [3.8, 4) is 0 Å². The summed E-state index contributed by atoms with van der Waals surface area (Å²) in [4.78, 5) is 0. The molecule has 0 rings (SSSR count). The summed E-state index contributed by atoms with van der Waals surface area (Å²) in [7, 11) is 0. The molecular formula is O15S5Ta2. The van der Waals surface area contributed by atoms with Crippen LogP contribution in [0.3, 0.4) is 0 Å². The molecule has 0 amide bonds. The smallest absolute Gasteiger partial charge is 0.784 e. The minimum Gasteiger partial charge on any atom is -0.784 e. The van der Waals surface area contributed by atoms with Gasteiger partial charge in [-0.15, -0.1) is 56.8 Å². The Hall–Kier alpha value is 1.83. The van der Waals surface area contributed by atoms with Gasteiger partial charge >= 0.3 is 44.8 Å². The molecule has 22 heteroatoms. The summed E-state index contributed by atoms with van der Waals surface area (Å²) in [6.45, 7) is 0. The molecule has 0 bridgehead atoms. The van der Waals surface area contributed by atoms with Crippen molar-refractivity contribution < 1.29 is 111 Å². The van der Waals surface area contributed by atoms with Crippen LogP contribution in [0.15, 0.2) is 0 Å². The third-order valence-electron chi connectivity index (χ3n) is 0. The number of hydrogen-bond donors (Lipinski definition) is 0. The standard InChI is InChI=1S/5H2O3S.2Ta/c5*1-4(2)3;;/h5*(H2,1,2,3);;/q;;;;;2*+5/p-10. The molecule has 0 N–H and O–H groups in total. The van der Waals surface area contributed by atoms with Gasteiger partial charge in [0.15, 0.2) is 0 Å². The van der Waals surface area contributed by atoms with Crippen LogP contribution in [0.1, 0.15) is 0 Å². The van der Waals surface area contributed by atoms with Crippen LogP contribution in [0.25, 0.3) is 0 Å². The Morgan fingerprint density at radius 1 is 0.318 bits per heavy atom. The van der Waals surface area contributed by atoms with Gasteiger partial charge < -0.3 is 45.5 Å². The van der Waals surface area contributed by atoms with Gasteiger partial charge in [0.1, 0.15) is 0 Å². The first-order chi connectivity index (χ1) is 8.66. The van der Waals surface area contributed by atoms with Gasteiger partial charge in [-0.05, 0) is 0 Å². The van der Waals surface area contributed by atoms with Crippen molar-refractivity contribution in [2.75, 3.05) is 0 Å². The van der Waals surface area contributed by atoms with E-state index in [2.05, 4.69) is 0 Å². The fraction of sp³-hybridized carbons (Fsp3) is 0. The molecule has 22 heavy (non-hydrogen) atoms. The van der Waals surface area contributed by atoms with Crippen molar-refractivity contribution in [1.29, 1.82) is 0 Å². The van der Waals surface area contributed by atoms with Gasteiger partial charge in [0.2, 0.25) is 0 Å². The van der Waals surface area contributed by atoms with E-state index in [1.165, 1.54) is 0 Å². The normalized spacial score (nSPS) is 7.95. The van der Waals surface area contributed by atoms with Gasteiger partial charge in [-0.2, -0.15) is 0 Å². The third kappa shape index (κ3) is 2830. The number of rotatable bonds is 0. The second kappa shape index (κ2) is 38.4. The molecule has 0 heterocycles. The van der Waals surface area contributed by atoms with E-state index in [-0.39, 0.29) is 44.8 Å². The molecule has 0 radical (unpaired) electrons. The molecule has 0 spiro atoms. The molecule has 0 saturated heterocycles. The van der Waals surface area contributed by atoms with Gasteiger partial charge in [0.25, 0.3) is 0 Å². The van der Waals surface area contributed by atoms with E-state index in [0.717, 1.165) is 0 Å². The molecule has 0 fully saturated rings. The van der Waals surface area contributed by atoms with Crippen LogP contribution in [-0.2, 0) is 102 Å². The molecule has 130 valence electrons. The van der Waals surface area contributed by atoms with Crippen molar-refractivity contribution >= 4 is 56.8 Å². The second-order valence-corrected chi connectivity index (χ2v) is 3.06. The van der Waals surface area contributed by atoms with Crippen molar-refractivity contribution in [2.24, 2.45) is 0 Å². The third-order valence-corrected chi connectivity index (χ3v) is 0. The first-order valence-electron chi connectivity index (χ1n) is 2.50. The van der Waals surface area contributed by atoms with Gasteiger partial charge in [0.05, 0.1) is 0 Å². The van der Waals surface area contributed by atoms with Crippen molar-refractivity contribution in [3.05, 3.63) is 0 Å². The molecule has 0 aromatic carbocycles. The number of hydrogen-bond acceptors (Lipinski definition) is 15. The topological polar surface area (TPSA) is 316 Å². The van der Waals surface area contributed by atoms with Gasteiger partial charge in [-0.3, -0.25) is 21.0 Å². The summed E-state index contributed by atoms with van der Waals surface area (Å²) in [6.07, 6.45) is 0. The molecule has 0 saturated carbocycles. The monoisotopic (exact) mass is 762 g/mol. The maximum atomic E-state index is 8.44. The Bertz CT molecular complexity index is 211. The quantitative estimate of drug-likeness (QED) is 0.209. The first-order valence-corrected chi connectivity index (χ1v) is 7.50. The van der Waals surface area contributed by atoms with Crippen LogP contribution in [0.4, 0.5) is 0 Å². The van der Waals surface area contributed by atoms with E-state index in [1.807, 2.05) is 0 Å². The van der Waals surface area contributed by atoms with Crippen LogP contribution >= 0.6 is 0 Å². The van der Waals surface area contributed by atoms with Crippen LogP contribution in [0.2, 0.25) is 0 Å². The van der Waals surface area contributed by atoms with Gasteiger partial charge in [-0.25, -0.2) is 0 Å². The van der Waals surface area contributed by atoms with E-state index in [1.54, 1.807) is 0 Å². The molecule has 0 aromatic heterocycles. The minimum atomic E-state index is -3.11. The molecule has 0 aliphatic rings. The largest absolute Gasteiger partial charge is 5.00 e. The Kier molecular flexibility index (Phi) is 76.6.